The third-order valence-corrected chi connectivity index (χ3v) is 24.9. The predicted octanol–water partition coefficient (Wildman–Crippen LogP) is 10.1. The Morgan fingerprint density at radius 3 is 1.18 bits per heavy atom. The molecule has 0 radical (unpaired) electrons. The summed E-state index contributed by atoms with van der Waals surface area (Å²) in [7, 11) is 6.32. The fraction of sp³-hybridized carbons (Fsp3) is 0.477. The second-order valence-corrected chi connectivity index (χ2v) is 32.1. The van der Waals surface area contributed by atoms with E-state index < -0.39 is 17.5 Å². The SMILES string of the molecule is [C-]#[N+]C[C@H]1CN(c2nc(OC[C@@H]3CCCN3C)nc3c2CCN(c2cccc(F)c2Cl)C3)CCN1C(=O)C=C.[C-]#[N+]C[C@H]1CN(c2nc(OC[C@@H]3CCCN3C)nc3c2CCN(c2cccc(F)c2F)C3)CCN1C(=O)C=C.[C-]#[N+]C[C@H]1CN(c2nc(OC[C@@H]3CCCN3C)nc3c2CCN(c2cccc4ccccc24)C3)CCN1C(=O)C=C. The van der Waals surface area contributed by atoms with Crippen LogP contribution < -0.4 is 43.6 Å². The summed E-state index contributed by atoms with van der Waals surface area (Å²) in [5.74, 6) is -0.321. The second-order valence-electron chi connectivity index (χ2n) is 31.7. The van der Waals surface area contributed by atoms with Crippen LogP contribution in [0.4, 0.5) is 47.7 Å². The number of aromatic nitrogens is 6. The number of carbonyl (C=O) groups is 3. The van der Waals surface area contributed by atoms with Crippen molar-refractivity contribution in [1.29, 1.82) is 0 Å². The lowest BCUT2D eigenvalue weighted by atomic mass is 10.0. The lowest BCUT2D eigenvalue weighted by molar-refractivity contribution is -0.129. The van der Waals surface area contributed by atoms with Gasteiger partial charge in [-0.1, -0.05) is 79.9 Å². The van der Waals surface area contributed by atoms with Crippen LogP contribution in [0.25, 0.3) is 25.3 Å². The number of likely N-dealkylation sites (N-methyl/N-ethyl adjacent to an activating group) is 3. The number of benzene rings is 4. The number of likely N-dealkylation sites (tertiary alicyclic amines) is 3. The maximum atomic E-state index is 14.6. The molecule has 0 aliphatic carbocycles. The van der Waals surface area contributed by atoms with Crippen molar-refractivity contribution in [2.45, 2.75) is 114 Å². The topological polar surface area (TPSA) is 208 Å². The van der Waals surface area contributed by atoms with Gasteiger partial charge in [-0.05, 0) is 153 Å². The minimum absolute atomic E-state index is 0.0981. The van der Waals surface area contributed by atoms with Crippen LogP contribution in [0.1, 0.15) is 72.3 Å². The first kappa shape index (κ1) is 84.1. The van der Waals surface area contributed by atoms with E-state index in [1.165, 1.54) is 53.2 Å². The first-order chi connectivity index (χ1) is 57.8. The van der Waals surface area contributed by atoms with Crippen molar-refractivity contribution in [2.75, 3.05) is 188 Å². The van der Waals surface area contributed by atoms with E-state index in [9.17, 15) is 27.6 Å². The summed E-state index contributed by atoms with van der Waals surface area (Å²) >= 11 is 6.32. The molecule has 31 heteroatoms. The number of rotatable bonds is 21. The third kappa shape index (κ3) is 19.0. The maximum Gasteiger partial charge on any atom is 0.318 e. The van der Waals surface area contributed by atoms with Gasteiger partial charge in [0.1, 0.15) is 61.2 Å². The van der Waals surface area contributed by atoms with Crippen LogP contribution >= 0.6 is 11.6 Å². The van der Waals surface area contributed by atoms with Crippen molar-refractivity contribution in [2.24, 2.45) is 0 Å². The molecule has 9 aliphatic heterocycles. The average molecular weight is 1640 g/mol. The number of piperazine rings is 3. The zero-order valence-electron chi connectivity index (χ0n) is 68.0. The first-order valence-corrected chi connectivity index (χ1v) is 41.5. The highest BCUT2D eigenvalue weighted by molar-refractivity contribution is 6.33. The first-order valence-electron chi connectivity index (χ1n) is 41.2. The summed E-state index contributed by atoms with van der Waals surface area (Å²) in [5, 5.41) is 2.56. The molecule has 27 nitrogen and oxygen atoms in total. The average Bonchev–Trinajstić information content (AvgIpc) is 1.56. The number of hydrogen-bond acceptors (Lipinski definition) is 21. The molecule has 624 valence electrons. The van der Waals surface area contributed by atoms with Gasteiger partial charge in [0.2, 0.25) is 37.4 Å². The summed E-state index contributed by atoms with van der Waals surface area (Å²) in [6.07, 6.45) is 12.6. The Balaban J connectivity index is 0.000000146. The highest BCUT2D eigenvalue weighted by Crippen LogP contribution is 2.40. The summed E-state index contributed by atoms with van der Waals surface area (Å²) in [5.41, 5.74) is 7.61. The van der Waals surface area contributed by atoms with E-state index in [1.807, 2.05) is 11.0 Å². The fourth-order valence-electron chi connectivity index (χ4n) is 18.0. The molecule has 12 heterocycles. The molecule has 6 saturated heterocycles. The molecule has 0 spiro atoms. The monoisotopic (exact) mass is 1640 g/mol. The minimum Gasteiger partial charge on any atom is -0.462 e. The lowest BCUT2D eigenvalue weighted by Crippen LogP contribution is -2.56. The highest BCUT2D eigenvalue weighted by Gasteiger charge is 2.40. The Morgan fingerprint density at radius 2 is 0.790 bits per heavy atom. The number of amides is 3. The van der Waals surface area contributed by atoms with E-state index >= 15 is 0 Å². The van der Waals surface area contributed by atoms with E-state index in [4.69, 9.17) is 75.4 Å². The zero-order chi connectivity index (χ0) is 83.4. The third-order valence-electron chi connectivity index (χ3n) is 24.6. The number of fused-ring (bicyclic) bond motifs is 4. The van der Waals surface area contributed by atoms with Gasteiger partial charge in [-0.25, -0.2) is 32.9 Å². The zero-order valence-corrected chi connectivity index (χ0v) is 68.8. The van der Waals surface area contributed by atoms with E-state index in [-0.39, 0.29) is 84.8 Å². The van der Waals surface area contributed by atoms with E-state index in [0.717, 1.165) is 116 Å². The van der Waals surface area contributed by atoms with Gasteiger partial charge in [-0.3, -0.25) is 14.4 Å². The molecule has 0 unspecified atom stereocenters. The van der Waals surface area contributed by atoms with Gasteiger partial charge in [-0.2, -0.15) is 29.9 Å². The van der Waals surface area contributed by atoms with E-state index in [2.05, 4.69) is 132 Å². The molecule has 119 heavy (non-hydrogen) atoms. The Bertz CT molecular complexity index is 4830. The van der Waals surface area contributed by atoms with Crippen LogP contribution in [-0.4, -0.2) is 272 Å². The molecule has 3 amide bonds. The number of carbonyl (C=O) groups excluding carboxylic acids is 3. The number of halogens is 4. The molecule has 0 saturated carbocycles. The summed E-state index contributed by atoms with van der Waals surface area (Å²) in [6, 6.07) is 25.1. The number of anilines is 6. The van der Waals surface area contributed by atoms with Gasteiger partial charge in [0.25, 0.3) is 0 Å². The molecular formula is C88H103ClF3N21O6. The summed E-state index contributed by atoms with van der Waals surface area (Å²) in [6.45, 7) is 46.4. The molecule has 6 atom stereocenters. The van der Waals surface area contributed by atoms with Crippen LogP contribution in [0.5, 0.6) is 18.0 Å². The lowest BCUT2D eigenvalue weighted by Gasteiger charge is -2.41. The molecule has 0 bridgehead atoms. The molecule has 9 aliphatic rings. The Hall–Kier alpha value is -11.4. The van der Waals surface area contributed by atoms with Gasteiger partial charge >= 0.3 is 18.0 Å². The van der Waals surface area contributed by atoms with Gasteiger partial charge in [0.15, 0.2) is 11.6 Å². The Kier molecular flexibility index (Phi) is 27.3. The Labute approximate surface area is 699 Å². The Morgan fingerprint density at radius 1 is 0.437 bits per heavy atom. The van der Waals surface area contributed by atoms with Crippen LogP contribution in [0.15, 0.2) is 117 Å². The molecule has 4 aromatic carbocycles. The number of hydrogen-bond donors (Lipinski definition) is 0. The molecule has 6 fully saturated rings. The minimum atomic E-state index is -0.885. The van der Waals surface area contributed by atoms with Crippen molar-refractivity contribution in [1.82, 2.24) is 59.3 Å². The van der Waals surface area contributed by atoms with Gasteiger partial charge in [0, 0.05) is 124 Å². The van der Waals surface area contributed by atoms with Gasteiger partial charge in [-0.15, -0.1) is 0 Å². The smallest absolute Gasteiger partial charge is 0.318 e. The fourth-order valence-corrected chi connectivity index (χ4v) is 18.2. The molecule has 7 aromatic rings. The van der Waals surface area contributed by atoms with Crippen LogP contribution in [0, 0.1) is 37.2 Å². The number of ether oxygens (including phenoxy) is 3. The van der Waals surface area contributed by atoms with E-state index in [0.29, 0.717) is 153 Å². The molecule has 3 aromatic heterocycles. The maximum absolute atomic E-state index is 14.6. The summed E-state index contributed by atoms with van der Waals surface area (Å²) < 4.78 is 61.4. The molecule has 0 N–H and O–H groups in total. The molecule has 16 rings (SSSR count). The van der Waals surface area contributed by atoms with Crippen molar-refractivity contribution >= 4 is 74.6 Å². The largest absolute Gasteiger partial charge is 0.462 e. The van der Waals surface area contributed by atoms with Crippen LogP contribution in [-0.2, 0) is 53.3 Å². The van der Waals surface area contributed by atoms with Crippen molar-refractivity contribution in [3.63, 3.8) is 0 Å². The predicted molar refractivity (Wildman–Crippen MR) is 454 cm³/mol. The quantitative estimate of drug-likeness (QED) is 0.0484. The van der Waals surface area contributed by atoms with Gasteiger partial charge in [0.05, 0.1) is 53.1 Å². The van der Waals surface area contributed by atoms with E-state index in [1.54, 1.807) is 31.7 Å². The summed E-state index contributed by atoms with van der Waals surface area (Å²) in [4.78, 5) is 102. The normalized spacial score (nSPS) is 21.3. The molecular weight excluding hydrogens is 1540 g/mol. The van der Waals surface area contributed by atoms with Crippen molar-refractivity contribution in [3.8, 4) is 18.0 Å². The van der Waals surface area contributed by atoms with Crippen molar-refractivity contribution in [3.05, 3.63) is 207 Å². The standard InChI is InChI=1S/C32H37N7O2.C28H33ClFN7O2.C28H33F2N7O2/c1-4-30(40)39-18-17-38(20-25(39)19-33-2)31-27-14-16-37(29-13-7-10-23-9-5-6-12-26(23)29)21-28(27)34-32(35-31)41-22-24-11-8-15-36(24)3;1-4-25(38)37-14-13-36(16-20(37)15-31-2)27-21-10-12-35(24-9-5-8-22(30)26(24)29)17-23(21)32-28(33-27)39-18-19-7-6-11-34(19)3;1-4-25(38)37-14-13-36(16-20(37)15-31-2)27-21-10-12-35(24-9-5-8-22(29)26(24)30)17-23(21)32-28(33-27)39-18-19-7-6-11-34(19)3/h4-7,9-10,12-13,24-25H,1,8,11,14-22H2,3H3;2*4-5,8-9,19-20H,1,6-7,10-18H2,3H3/t24-,25-;2*19-,20-/m000/s1. The highest BCUT2D eigenvalue weighted by atomic mass is 35.5. The second kappa shape index (κ2) is 38.6. The van der Waals surface area contributed by atoms with Gasteiger partial charge < -0.3 is 87.5 Å². The van der Waals surface area contributed by atoms with Crippen LogP contribution in [0.3, 0.4) is 0 Å². The van der Waals surface area contributed by atoms with Crippen LogP contribution in [0.2, 0.25) is 5.02 Å². The number of nitrogens with zero attached hydrogens (tertiary/aromatic N) is 21. The van der Waals surface area contributed by atoms with Crippen molar-refractivity contribution < 1.29 is 41.8 Å².